The molecular weight excluding hydrogens is 242 g/mol. The van der Waals surface area contributed by atoms with E-state index in [4.69, 9.17) is 4.74 Å². The van der Waals surface area contributed by atoms with Crippen LogP contribution in [-0.2, 0) is 14.3 Å². The molecular formula is C15H29NO3. The lowest BCUT2D eigenvalue weighted by Crippen LogP contribution is -2.49. The Bertz CT molecular complexity index is 307. The molecule has 0 fully saturated rings. The Hall–Kier alpha value is -1.06. The molecule has 0 spiro atoms. The average Bonchev–Trinajstić information content (AvgIpc) is 2.31. The zero-order valence-electron chi connectivity index (χ0n) is 13.4. The van der Waals surface area contributed by atoms with Gasteiger partial charge in [-0.15, -0.1) is 0 Å². The fraction of sp³-hybridized carbons (Fsp3) is 0.867. The maximum atomic E-state index is 12.2. The Morgan fingerprint density at radius 1 is 1.11 bits per heavy atom. The van der Waals surface area contributed by atoms with Crippen molar-refractivity contribution in [1.82, 2.24) is 5.32 Å². The predicted octanol–water partition coefficient (Wildman–Crippen LogP) is 2.91. The molecule has 0 aromatic rings. The topological polar surface area (TPSA) is 55.4 Å². The van der Waals surface area contributed by atoms with E-state index in [1.54, 1.807) is 0 Å². The Morgan fingerprint density at radius 2 is 1.63 bits per heavy atom. The molecule has 112 valence electrons. The van der Waals surface area contributed by atoms with Gasteiger partial charge in [0, 0.05) is 5.92 Å². The molecule has 0 aromatic heterocycles. The molecule has 0 aliphatic rings. The Balaban J connectivity index is 4.82. The first kappa shape index (κ1) is 17.9. The minimum absolute atomic E-state index is 0.0582. The van der Waals surface area contributed by atoms with E-state index in [0.29, 0.717) is 0 Å². The maximum Gasteiger partial charge on any atom is 0.329 e. The van der Waals surface area contributed by atoms with E-state index in [-0.39, 0.29) is 23.7 Å². The number of nitrogens with one attached hydrogen (secondary N) is 1. The summed E-state index contributed by atoms with van der Waals surface area (Å²) in [6, 6.07) is -0.564. The lowest BCUT2D eigenvalue weighted by Gasteiger charge is -2.28. The van der Waals surface area contributed by atoms with Crippen molar-refractivity contribution in [2.24, 2.45) is 11.8 Å². The van der Waals surface area contributed by atoms with Crippen molar-refractivity contribution in [2.45, 2.75) is 73.0 Å². The third-order valence-electron chi connectivity index (χ3n) is 3.23. The Morgan fingerprint density at radius 3 is 2.00 bits per heavy atom. The molecule has 0 rings (SSSR count). The number of hydrogen-bond acceptors (Lipinski definition) is 3. The molecule has 0 heterocycles. The number of amides is 1. The van der Waals surface area contributed by atoms with Crippen LogP contribution in [0.15, 0.2) is 0 Å². The second-order valence-corrected chi connectivity index (χ2v) is 6.21. The molecule has 4 nitrogen and oxygen atoms in total. The monoisotopic (exact) mass is 271 g/mol. The van der Waals surface area contributed by atoms with Crippen molar-refractivity contribution in [3.05, 3.63) is 0 Å². The van der Waals surface area contributed by atoms with Crippen LogP contribution >= 0.6 is 0 Å². The fourth-order valence-electron chi connectivity index (χ4n) is 1.52. The largest absolute Gasteiger partial charge is 0.458 e. The van der Waals surface area contributed by atoms with E-state index in [1.165, 1.54) is 0 Å². The van der Waals surface area contributed by atoms with Gasteiger partial charge in [0.25, 0.3) is 0 Å². The van der Waals surface area contributed by atoms with Crippen LogP contribution < -0.4 is 5.32 Å². The van der Waals surface area contributed by atoms with Gasteiger partial charge in [-0.1, -0.05) is 34.1 Å². The second-order valence-electron chi connectivity index (χ2n) is 6.21. The van der Waals surface area contributed by atoms with Crippen LogP contribution in [0.1, 0.15) is 61.3 Å². The van der Waals surface area contributed by atoms with Gasteiger partial charge in [-0.2, -0.15) is 0 Å². The number of carbonyl (C=O) groups is 2. The van der Waals surface area contributed by atoms with Crippen molar-refractivity contribution in [3.8, 4) is 0 Å². The van der Waals surface area contributed by atoms with Crippen LogP contribution in [0.2, 0.25) is 0 Å². The molecule has 3 atom stereocenters. The lowest BCUT2D eigenvalue weighted by molar-refractivity contribution is -0.160. The molecule has 0 aromatic carbocycles. The summed E-state index contributed by atoms with van der Waals surface area (Å²) in [4.78, 5) is 24.1. The zero-order valence-corrected chi connectivity index (χ0v) is 13.4. The minimum atomic E-state index is -0.564. The quantitative estimate of drug-likeness (QED) is 0.756. The van der Waals surface area contributed by atoms with Gasteiger partial charge in [-0.3, -0.25) is 4.79 Å². The van der Waals surface area contributed by atoms with Crippen LogP contribution in [0.25, 0.3) is 0 Å². The summed E-state index contributed by atoms with van der Waals surface area (Å²) in [5.41, 5.74) is -0.538. The fourth-order valence-corrected chi connectivity index (χ4v) is 1.52. The molecule has 1 amide bonds. The third-order valence-corrected chi connectivity index (χ3v) is 3.23. The zero-order chi connectivity index (χ0) is 15.2. The summed E-state index contributed by atoms with van der Waals surface area (Å²) in [7, 11) is 0. The van der Waals surface area contributed by atoms with Gasteiger partial charge in [-0.05, 0) is 33.1 Å². The van der Waals surface area contributed by atoms with Gasteiger partial charge in [0.05, 0.1) is 0 Å². The summed E-state index contributed by atoms with van der Waals surface area (Å²) in [6.07, 6.45) is 1.57. The predicted molar refractivity (Wildman–Crippen MR) is 76.7 cm³/mol. The summed E-state index contributed by atoms with van der Waals surface area (Å²) in [6.45, 7) is 13.2. The minimum Gasteiger partial charge on any atom is -0.458 e. The van der Waals surface area contributed by atoms with Crippen LogP contribution in [0.3, 0.4) is 0 Å². The highest BCUT2D eigenvalue weighted by Crippen LogP contribution is 2.15. The maximum absolute atomic E-state index is 12.2. The summed E-state index contributed by atoms with van der Waals surface area (Å²) in [5, 5.41) is 2.83. The smallest absolute Gasteiger partial charge is 0.329 e. The number of carbonyl (C=O) groups excluding carboxylic acids is 2. The molecule has 1 unspecified atom stereocenters. The number of rotatable bonds is 6. The van der Waals surface area contributed by atoms with E-state index in [1.807, 2.05) is 48.5 Å². The van der Waals surface area contributed by atoms with Gasteiger partial charge in [0.15, 0.2) is 0 Å². The molecule has 1 N–H and O–H groups in total. The van der Waals surface area contributed by atoms with Gasteiger partial charge >= 0.3 is 5.97 Å². The Kier molecular flexibility index (Phi) is 7.09. The highest BCUT2D eigenvalue weighted by atomic mass is 16.6. The highest BCUT2D eigenvalue weighted by molar-refractivity contribution is 5.85. The van der Waals surface area contributed by atoms with E-state index >= 15 is 0 Å². The Labute approximate surface area is 117 Å². The first-order valence-corrected chi connectivity index (χ1v) is 7.15. The van der Waals surface area contributed by atoms with E-state index in [2.05, 4.69) is 5.32 Å². The van der Waals surface area contributed by atoms with Crippen molar-refractivity contribution < 1.29 is 14.3 Å². The summed E-state index contributed by atoms with van der Waals surface area (Å²) >= 11 is 0. The number of esters is 1. The third kappa shape index (κ3) is 6.60. The van der Waals surface area contributed by atoms with E-state index < -0.39 is 11.6 Å². The van der Waals surface area contributed by atoms with Crippen LogP contribution in [0.4, 0.5) is 0 Å². The van der Waals surface area contributed by atoms with Gasteiger partial charge < -0.3 is 10.1 Å². The number of hydrogen-bond donors (Lipinski definition) is 1. The molecule has 0 saturated heterocycles. The second kappa shape index (κ2) is 7.51. The molecule has 0 aliphatic carbocycles. The molecule has 4 heteroatoms. The lowest BCUT2D eigenvalue weighted by atomic mass is 9.97. The molecule has 0 aliphatic heterocycles. The summed E-state index contributed by atoms with van der Waals surface area (Å²) < 4.78 is 5.38. The van der Waals surface area contributed by atoms with E-state index in [9.17, 15) is 9.59 Å². The first-order chi connectivity index (χ1) is 8.62. The van der Waals surface area contributed by atoms with Crippen molar-refractivity contribution >= 4 is 11.9 Å². The van der Waals surface area contributed by atoms with Crippen molar-refractivity contribution in [2.75, 3.05) is 0 Å². The molecule has 0 bridgehead atoms. The highest BCUT2D eigenvalue weighted by Gasteiger charge is 2.31. The van der Waals surface area contributed by atoms with Crippen molar-refractivity contribution in [3.63, 3.8) is 0 Å². The SMILES string of the molecule is CCC(C)C(=O)N[C@H](C(=O)OC(C)(C)C)[C@@H](C)CC. The molecule has 0 saturated carbocycles. The average molecular weight is 271 g/mol. The van der Waals surface area contributed by atoms with Gasteiger partial charge in [0.1, 0.15) is 11.6 Å². The van der Waals surface area contributed by atoms with Crippen molar-refractivity contribution in [1.29, 1.82) is 0 Å². The first-order valence-electron chi connectivity index (χ1n) is 7.15. The van der Waals surface area contributed by atoms with Crippen LogP contribution in [0, 0.1) is 11.8 Å². The number of ether oxygens (including phenoxy) is 1. The molecule has 0 radical (unpaired) electrons. The van der Waals surface area contributed by atoms with Gasteiger partial charge in [-0.25, -0.2) is 4.79 Å². The van der Waals surface area contributed by atoms with Crippen LogP contribution in [0.5, 0.6) is 0 Å². The van der Waals surface area contributed by atoms with E-state index in [0.717, 1.165) is 12.8 Å². The standard InChI is InChI=1S/C15H29NO3/c1-8-10(3)12(14(18)19-15(5,6)7)16-13(17)11(4)9-2/h10-12H,8-9H2,1-7H3,(H,16,17)/t10-,11?,12-/m0/s1. The van der Waals surface area contributed by atoms with Gasteiger partial charge in [0.2, 0.25) is 5.91 Å². The molecule has 19 heavy (non-hydrogen) atoms. The summed E-state index contributed by atoms with van der Waals surface area (Å²) in [5.74, 6) is -0.464. The van der Waals surface area contributed by atoms with Crippen LogP contribution in [-0.4, -0.2) is 23.5 Å². The normalized spacial score (nSPS) is 16.4.